The zero-order chi connectivity index (χ0) is 7.71. The summed E-state index contributed by atoms with van der Waals surface area (Å²) in [5.74, 6) is 0. The van der Waals surface area contributed by atoms with Crippen molar-refractivity contribution in [3.05, 3.63) is 0 Å². The summed E-state index contributed by atoms with van der Waals surface area (Å²) in [5, 5.41) is 0. The molecule has 0 heterocycles. The smallest absolute Gasteiger partial charge is 0.0655 e. The molecule has 59 valence electrons. The first-order valence-corrected chi connectivity index (χ1v) is 4.38. The SMILES string of the molecule is O=P([O-])([O-])OP(=O)([O-])[O-].[Pr]. The second-order valence-corrected chi connectivity index (χ2v) is 3.42. The predicted molar refractivity (Wildman–Crippen MR) is 16.3 cm³/mol. The minimum absolute atomic E-state index is 0. The van der Waals surface area contributed by atoms with Crippen molar-refractivity contribution in [1.29, 1.82) is 0 Å². The first-order chi connectivity index (χ1) is 3.71. The largest absolute Gasteiger partial charge is 0.790 e. The summed E-state index contributed by atoms with van der Waals surface area (Å²) in [4.78, 5) is 37.3. The van der Waals surface area contributed by atoms with Gasteiger partial charge in [0, 0.05) is 41.3 Å². The van der Waals surface area contributed by atoms with Gasteiger partial charge in [0.05, 0.1) is 15.6 Å². The van der Waals surface area contributed by atoms with Gasteiger partial charge >= 0.3 is 0 Å². The summed E-state index contributed by atoms with van der Waals surface area (Å²) >= 11 is 0. The summed E-state index contributed by atoms with van der Waals surface area (Å²) in [6.07, 6.45) is 0. The molecule has 1 radical (unpaired) electrons. The van der Waals surface area contributed by atoms with Crippen molar-refractivity contribution in [3.8, 4) is 0 Å². The molecule has 0 aliphatic carbocycles. The van der Waals surface area contributed by atoms with E-state index in [2.05, 4.69) is 4.31 Å². The predicted octanol–water partition coefficient (Wildman–Crippen LogP) is -3.34. The molecule has 7 nitrogen and oxygen atoms in total. The van der Waals surface area contributed by atoms with Gasteiger partial charge in [-0.15, -0.1) is 0 Å². The summed E-state index contributed by atoms with van der Waals surface area (Å²) < 4.78 is 21.2. The Bertz CT molecular complexity index is 152. The van der Waals surface area contributed by atoms with Gasteiger partial charge in [-0.2, -0.15) is 0 Å². The van der Waals surface area contributed by atoms with Gasteiger partial charge in [-0.3, -0.25) is 0 Å². The summed E-state index contributed by atoms with van der Waals surface area (Å²) in [5.41, 5.74) is 0. The monoisotopic (exact) mass is 315 g/mol. The molecule has 10 heteroatoms. The van der Waals surface area contributed by atoms with E-state index < -0.39 is 15.6 Å². The minimum Gasteiger partial charge on any atom is -0.790 e. The van der Waals surface area contributed by atoms with Crippen LogP contribution in [0.4, 0.5) is 0 Å². The van der Waals surface area contributed by atoms with E-state index >= 15 is 0 Å². The fraction of sp³-hybridized carbons (Fsp3) is 0. The first-order valence-electron chi connectivity index (χ1n) is 1.46. The molecule has 0 amide bonds. The van der Waals surface area contributed by atoms with Crippen molar-refractivity contribution >= 4 is 15.6 Å². The molecule has 0 aliphatic rings. The quantitative estimate of drug-likeness (QED) is 0.486. The topological polar surface area (TPSA) is 136 Å². The van der Waals surface area contributed by atoms with Crippen LogP contribution in [0.25, 0.3) is 0 Å². The van der Waals surface area contributed by atoms with Crippen LogP contribution in [-0.2, 0) is 13.4 Å². The van der Waals surface area contributed by atoms with E-state index in [1.165, 1.54) is 0 Å². The summed E-state index contributed by atoms with van der Waals surface area (Å²) in [6, 6.07) is 0. The van der Waals surface area contributed by atoms with Crippen molar-refractivity contribution in [1.82, 2.24) is 0 Å². The Hall–Kier alpha value is 1.62. The third-order valence-corrected chi connectivity index (χ3v) is 1.80. The Morgan fingerprint density at radius 2 is 1.10 bits per heavy atom. The second kappa shape index (κ2) is 4.60. The zero-order valence-electron chi connectivity index (χ0n) is 4.33. The van der Waals surface area contributed by atoms with Crippen LogP contribution in [0.5, 0.6) is 0 Å². The molecule has 0 aromatic carbocycles. The first kappa shape index (κ1) is 14.2. The molecule has 0 bridgehead atoms. The molecule has 0 atom stereocenters. The van der Waals surface area contributed by atoms with Gasteiger partial charge in [0.15, 0.2) is 0 Å². The van der Waals surface area contributed by atoms with Gasteiger partial charge in [0.25, 0.3) is 0 Å². The molecule has 0 saturated heterocycles. The van der Waals surface area contributed by atoms with Gasteiger partial charge in [0.2, 0.25) is 0 Å². The molecule has 0 aliphatic heterocycles. The molecule has 0 saturated carbocycles. The van der Waals surface area contributed by atoms with Gasteiger partial charge in [0.1, 0.15) is 0 Å². The van der Waals surface area contributed by atoms with Crippen molar-refractivity contribution in [2.24, 2.45) is 0 Å². The zero-order valence-corrected chi connectivity index (χ0v) is 9.82. The molecule has 0 N–H and O–H groups in total. The third kappa shape index (κ3) is 12.3. The molecular weight excluding hydrogens is 315 g/mol. The molecule has 0 fully saturated rings. The molecule has 0 rings (SSSR count). The fourth-order valence-electron chi connectivity index (χ4n) is 0.122. The van der Waals surface area contributed by atoms with Gasteiger partial charge in [-0.05, 0) is 0 Å². The van der Waals surface area contributed by atoms with Gasteiger partial charge in [-0.1, -0.05) is 0 Å². The minimum atomic E-state index is -5.68. The van der Waals surface area contributed by atoms with Crippen LogP contribution in [0, 0.1) is 41.3 Å². The number of hydrogen-bond donors (Lipinski definition) is 0. The average Bonchev–Trinajstić information content (AvgIpc) is 1.14. The van der Waals surface area contributed by atoms with E-state index in [4.69, 9.17) is 0 Å². The van der Waals surface area contributed by atoms with Gasteiger partial charge in [-0.25, -0.2) is 0 Å². The Balaban J connectivity index is 0. The maximum absolute atomic E-state index is 9.32. The van der Waals surface area contributed by atoms with Crippen molar-refractivity contribution in [2.75, 3.05) is 0 Å². The van der Waals surface area contributed by atoms with Crippen LogP contribution in [-0.4, -0.2) is 0 Å². The second-order valence-electron chi connectivity index (χ2n) is 0.976. The standard InChI is InChI=1S/H4O7P2.Pr/c1-8(2,3)7-9(4,5)6;/h(H2,1,2,3)(H2,4,5,6);/p-4. The van der Waals surface area contributed by atoms with Crippen molar-refractivity contribution < 1.29 is 74.3 Å². The average molecular weight is 315 g/mol. The van der Waals surface area contributed by atoms with E-state index in [0.29, 0.717) is 0 Å². The number of phosphoric acid groups is 2. The van der Waals surface area contributed by atoms with Crippen LogP contribution >= 0.6 is 15.6 Å². The summed E-state index contributed by atoms with van der Waals surface area (Å²) in [6.45, 7) is 0. The van der Waals surface area contributed by atoms with E-state index in [1.54, 1.807) is 0 Å². The van der Waals surface area contributed by atoms with E-state index in [9.17, 15) is 28.7 Å². The molecule has 0 spiro atoms. The molecule has 10 heavy (non-hydrogen) atoms. The normalized spacial score (nSPS) is 12.4. The Kier molecular flexibility index (Phi) is 6.52. The van der Waals surface area contributed by atoms with Crippen molar-refractivity contribution in [2.45, 2.75) is 0 Å². The molecule has 0 unspecified atom stereocenters. The van der Waals surface area contributed by atoms with Gasteiger partial charge < -0.3 is 33.0 Å². The van der Waals surface area contributed by atoms with Crippen LogP contribution in [0.3, 0.4) is 0 Å². The van der Waals surface area contributed by atoms with E-state index in [-0.39, 0.29) is 41.3 Å². The third-order valence-electron chi connectivity index (χ3n) is 0.200. The van der Waals surface area contributed by atoms with Crippen LogP contribution < -0.4 is 19.6 Å². The van der Waals surface area contributed by atoms with Crippen LogP contribution in [0.1, 0.15) is 0 Å². The van der Waals surface area contributed by atoms with E-state index in [0.717, 1.165) is 0 Å². The summed E-state index contributed by atoms with van der Waals surface area (Å²) in [7, 11) is -11.4. The van der Waals surface area contributed by atoms with Crippen LogP contribution in [0.15, 0.2) is 0 Å². The molecule has 0 aromatic heterocycles. The number of hydrogen-bond acceptors (Lipinski definition) is 7. The van der Waals surface area contributed by atoms with Crippen LogP contribution in [0.2, 0.25) is 0 Å². The Morgan fingerprint density at radius 3 is 1.10 bits per heavy atom. The maximum atomic E-state index is 9.32. The Morgan fingerprint density at radius 1 is 0.900 bits per heavy atom. The molecular formula is O7P2Pr-4. The molecule has 0 aromatic rings. The van der Waals surface area contributed by atoms with Crippen molar-refractivity contribution in [3.63, 3.8) is 0 Å². The fourth-order valence-corrected chi connectivity index (χ4v) is 1.10. The van der Waals surface area contributed by atoms with E-state index in [1.807, 2.05) is 0 Å². The Labute approximate surface area is 89.2 Å². The number of rotatable bonds is 2. The maximum Gasteiger partial charge on any atom is 0.0655 e.